The summed E-state index contributed by atoms with van der Waals surface area (Å²) in [5, 5.41) is 0. The number of hydrogen-bond donors (Lipinski definition) is 0. The molecule has 1 aromatic carbocycles. The largest absolute Gasteiger partial charge is 0.299 e. The fourth-order valence-electron chi connectivity index (χ4n) is 2.39. The quantitative estimate of drug-likeness (QED) is 0.546. The molecular weight excluding hydrogens is 160 g/mol. The van der Waals surface area contributed by atoms with Crippen LogP contribution in [0, 0.1) is 0 Å². The number of hydrogen-bond acceptors (Lipinski definition) is 1. The number of benzene rings is 1. The minimum Gasteiger partial charge on any atom is -0.299 e. The third-order valence-electron chi connectivity index (χ3n) is 3.03. The van der Waals surface area contributed by atoms with Crippen LogP contribution in [0.2, 0.25) is 0 Å². The summed E-state index contributed by atoms with van der Waals surface area (Å²) in [5.41, 5.74) is 2.58. The Labute approximate surface area is 77.1 Å². The number of ketones is 1. The summed E-state index contributed by atoms with van der Waals surface area (Å²) < 4.78 is 0. The Morgan fingerprint density at radius 1 is 1.08 bits per heavy atom. The number of Topliss-reactive ketones (excluding diaryl/α,β-unsaturated/α-hetero) is 1. The third kappa shape index (κ3) is 0.844. The van der Waals surface area contributed by atoms with Crippen molar-refractivity contribution in [2.24, 2.45) is 0 Å². The lowest BCUT2D eigenvalue weighted by molar-refractivity contribution is -0.120. The molecule has 0 aromatic heterocycles. The summed E-state index contributed by atoms with van der Waals surface area (Å²) >= 11 is 0. The number of allylic oxidation sites excluding steroid dienone is 2. The van der Waals surface area contributed by atoms with Gasteiger partial charge in [0.1, 0.15) is 5.78 Å². The van der Waals surface area contributed by atoms with Crippen molar-refractivity contribution in [3.63, 3.8) is 0 Å². The second kappa shape index (κ2) is 2.32. The van der Waals surface area contributed by atoms with Gasteiger partial charge in [-0.05, 0) is 11.1 Å². The van der Waals surface area contributed by atoms with Gasteiger partial charge in [0.25, 0.3) is 0 Å². The monoisotopic (exact) mass is 170 g/mol. The van der Waals surface area contributed by atoms with E-state index in [1.165, 1.54) is 11.1 Å². The van der Waals surface area contributed by atoms with Gasteiger partial charge in [0, 0.05) is 12.3 Å². The van der Waals surface area contributed by atoms with Gasteiger partial charge in [-0.15, -0.1) is 0 Å². The van der Waals surface area contributed by atoms with Crippen LogP contribution in [0.1, 0.15) is 29.4 Å². The average molecular weight is 170 g/mol. The highest BCUT2D eigenvalue weighted by Gasteiger charge is 2.34. The number of carbonyl (C=O) groups is 1. The summed E-state index contributed by atoms with van der Waals surface area (Å²) in [7, 11) is 0. The van der Waals surface area contributed by atoms with Crippen LogP contribution in [0.25, 0.3) is 0 Å². The van der Waals surface area contributed by atoms with Crippen molar-refractivity contribution in [2.45, 2.75) is 18.3 Å². The van der Waals surface area contributed by atoms with E-state index in [2.05, 4.69) is 30.4 Å². The van der Waals surface area contributed by atoms with E-state index in [1.807, 2.05) is 6.07 Å². The van der Waals surface area contributed by atoms with Gasteiger partial charge < -0.3 is 0 Å². The van der Waals surface area contributed by atoms with Crippen molar-refractivity contribution < 1.29 is 4.79 Å². The molecule has 2 atom stereocenters. The average Bonchev–Trinajstić information content (AvgIpc) is 2.19. The maximum absolute atomic E-state index is 11.6. The van der Waals surface area contributed by atoms with Gasteiger partial charge in [0.15, 0.2) is 0 Å². The predicted molar refractivity (Wildman–Crippen MR) is 50.7 cm³/mol. The number of rotatable bonds is 0. The van der Waals surface area contributed by atoms with Gasteiger partial charge in [0.05, 0.1) is 5.92 Å². The Hall–Kier alpha value is -1.37. The minimum atomic E-state index is 0.0567. The Balaban J connectivity index is 2.27. The van der Waals surface area contributed by atoms with Gasteiger partial charge >= 0.3 is 0 Å². The van der Waals surface area contributed by atoms with Crippen molar-refractivity contribution >= 4 is 5.78 Å². The molecule has 0 N–H and O–H groups in total. The third-order valence-corrected chi connectivity index (χ3v) is 3.03. The van der Waals surface area contributed by atoms with Crippen molar-refractivity contribution in [3.8, 4) is 0 Å². The van der Waals surface area contributed by atoms with Crippen LogP contribution in [-0.4, -0.2) is 5.78 Å². The lowest BCUT2D eigenvalue weighted by atomic mass is 9.71. The molecule has 0 spiro atoms. The zero-order valence-corrected chi connectivity index (χ0v) is 7.23. The van der Waals surface area contributed by atoms with Gasteiger partial charge in [-0.1, -0.05) is 36.4 Å². The molecule has 3 aliphatic carbocycles. The molecule has 0 saturated heterocycles. The Kier molecular flexibility index (Phi) is 1.26. The van der Waals surface area contributed by atoms with Gasteiger partial charge in [-0.2, -0.15) is 0 Å². The number of fused-ring (bicyclic) bond motifs is 1. The molecule has 0 fully saturated rings. The maximum Gasteiger partial charge on any atom is 0.145 e. The van der Waals surface area contributed by atoms with Crippen LogP contribution in [0.3, 0.4) is 0 Å². The molecule has 1 heteroatoms. The van der Waals surface area contributed by atoms with Crippen molar-refractivity contribution in [1.82, 2.24) is 0 Å². The van der Waals surface area contributed by atoms with Crippen LogP contribution < -0.4 is 0 Å². The molecule has 0 heterocycles. The highest BCUT2D eigenvalue weighted by atomic mass is 16.1. The summed E-state index contributed by atoms with van der Waals surface area (Å²) in [6.07, 6.45) is 4.94. The van der Waals surface area contributed by atoms with Gasteiger partial charge in [0.2, 0.25) is 0 Å². The fourth-order valence-corrected chi connectivity index (χ4v) is 2.39. The summed E-state index contributed by atoms with van der Waals surface area (Å²) in [6, 6.07) is 8.29. The smallest absolute Gasteiger partial charge is 0.145 e. The van der Waals surface area contributed by atoms with Crippen LogP contribution in [0.4, 0.5) is 0 Å². The molecule has 0 saturated carbocycles. The molecule has 0 aliphatic heterocycles. The van der Waals surface area contributed by atoms with Gasteiger partial charge in [-0.3, -0.25) is 4.79 Å². The molecule has 13 heavy (non-hydrogen) atoms. The molecular formula is C12H10O. The van der Waals surface area contributed by atoms with Gasteiger partial charge in [-0.25, -0.2) is 0 Å². The highest BCUT2D eigenvalue weighted by Crippen LogP contribution is 2.42. The summed E-state index contributed by atoms with van der Waals surface area (Å²) in [6.45, 7) is 0. The first-order valence-corrected chi connectivity index (χ1v) is 4.66. The zero-order valence-electron chi connectivity index (χ0n) is 7.23. The molecule has 0 amide bonds. The second-order valence-electron chi connectivity index (χ2n) is 3.77. The maximum atomic E-state index is 11.6. The Morgan fingerprint density at radius 2 is 1.85 bits per heavy atom. The van der Waals surface area contributed by atoms with E-state index in [0.717, 1.165) is 0 Å². The SMILES string of the molecule is O=C1C[C@@H]2C=C[C@@H]1c1ccccc12. The molecule has 1 nitrogen and oxygen atoms in total. The van der Waals surface area contributed by atoms with Crippen molar-refractivity contribution in [1.29, 1.82) is 0 Å². The lowest BCUT2D eigenvalue weighted by Crippen LogP contribution is -2.25. The van der Waals surface area contributed by atoms with E-state index >= 15 is 0 Å². The van der Waals surface area contributed by atoms with Crippen molar-refractivity contribution in [3.05, 3.63) is 47.5 Å². The molecule has 0 unspecified atom stereocenters. The first-order chi connectivity index (χ1) is 6.36. The summed E-state index contributed by atoms with van der Waals surface area (Å²) in [5.74, 6) is 0.793. The molecule has 3 aliphatic rings. The first-order valence-electron chi connectivity index (χ1n) is 4.66. The van der Waals surface area contributed by atoms with E-state index in [9.17, 15) is 4.79 Å². The Morgan fingerprint density at radius 3 is 2.62 bits per heavy atom. The molecule has 2 bridgehead atoms. The first kappa shape index (κ1) is 7.07. The van der Waals surface area contributed by atoms with E-state index in [-0.39, 0.29) is 5.92 Å². The summed E-state index contributed by atoms with van der Waals surface area (Å²) in [4.78, 5) is 11.6. The normalized spacial score (nSPS) is 29.1. The van der Waals surface area contributed by atoms with E-state index < -0.39 is 0 Å². The van der Waals surface area contributed by atoms with Crippen LogP contribution in [0.5, 0.6) is 0 Å². The minimum absolute atomic E-state index is 0.0567. The standard InChI is InChI=1S/C12H10O/c13-12-7-8-5-6-11(12)10-4-2-1-3-9(8)10/h1-6,8,11H,7H2/t8-,11+/m0/s1. The molecule has 1 aromatic rings. The van der Waals surface area contributed by atoms with E-state index in [0.29, 0.717) is 18.1 Å². The van der Waals surface area contributed by atoms with Crippen molar-refractivity contribution in [2.75, 3.05) is 0 Å². The molecule has 0 radical (unpaired) electrons. The zero-order chi connectivity index (χ0) is 8.84. The van der Waals surface area contributed by atoms with Crippen LogP contribution in [0.15, 0.2) is 36.4 Å². The van der Waals surface area contributed by atoms with Crippen LogP contribution in [-0.2, 0) is 4.79 Å². The van der Waals surface area contributed by atoms with E-state index in [1.54, 1.807) is 0 Å². The van der Waals surface area contributed by atoms with Crippen LogP contribution >= 0.6 is 0 Å². The lowest BCUT2D eigenvalue weighted by Gasteiger charge is -2.31. The fraction of sp³-hybridized carbons (Fsp3) is 0.250. The topological polar surface area (TPSA) is 17.1 Å². The predicted octanol–water partition coefficient (Wildman–Crippen LogP) is 2.40. The molecule has 4 rings (SSSR count). The van der Waals surface area contributed by atoms with E-state index in [4.69, 9.17) is 0 Å². The number of carbonyl (C=O) groups excluding carboxylic acids is 1. The second-order valence-corrected chi connectivity index (χ2v) is 3.77. The highest BCUT2D eigenvalue weighted by molar-refractivity contribution is 5.92. The molecule has 64 valence electrons. The Bertz CT molecular complexity index is 403.